The van der Waals surface area contributed by atoms with E-state index in [4.69, 9.17) is 14.2 Å². The van der Waals surface area contributed by atoms with Crippen LogP contribution in [-0.2, 0) is 65.6 Å². The Morgan fingerprint density at radius 1 is 0.415 bits per heavy atom. The molecule has 0 aliphatic carbocycles. The van der Waals surface area contributed by atoms with Crippen molar-refractivity contribution in [1.29, 1.82) is 0 Å². The minimum Gasteiger partial charge on any atom is -0.494 e. The zero-order valence-electron chi connectivity index (χ0n) is 38.5. The van der Waals surface area contributed by atoms with Crippen LogP contribution < -0.4 is 14.2 Å². The summed E-state index contributed by atoms with van der Waals surface area (Å²) in [7, 11) is 14.1. The number of nitrogens with zero attached hydrogens (tertiary/aromatic N) is 16. The van der Waals surface area contributed by atoms with Crippen molar-refractivity contribution in [2.45, 2.75) is 72.5 Å². The van der Waals surface area contributed by atoms with Crippen LogP contribution in [0.5, 0.6) is 17.2 Å². The number of hydrogen-bond donors (Lipinski definition) is 0. The van der Waals surface area contributed by atoms with Gasteiger partial charge in [-0.25, -0.2) is 21.8 Å². The summed E-state index contributed by atoms with van der Waals surface area (Å²) < 4.78 is 28.7. The van der Waals surface area contributed by atoms with E-state index < -0.39 is 0 Å². The molecule has 0 saturated heterocycles. The number of ether oxygens (including phenoxy) is 3. The molecule has 3 aromatic carbocycles. The van der Waals surface area contributed by atoms with Crippen LogP contribution in [0.15, 0.2) is 79.4 Å². The summed E-state index contributed by atoms with van der Waals surface area (Å²) in [6.45, 7) is 8.07. The molecule has 4 heterocycles. The molecule has 344 valence electrons. The van der Waals surface area contributed by atoms with Gasteiger partial charge in [-0.2, -0.15) is 0 Å². The third-order valence-electron chi connectivity index (χ3n) is 9.74. The van der Waals surface area contributed by atoms with E-state index in [0.29, 0.717) is 72.2 Å². The maximum Gasteiger partial charge on any atom is 0.120 e. The van der Waals surface area contributed by atoms with Gasteiger partial charge in [-0.3, -0.25) is 0 Å². The van der Waals surface area contributed by atoms with Crippen molar-refractivity contribution in [3.8, 4) is 17.2 Å². The van der Waals surface area contributed by atoms with E-state index in [1.165, 1.54) is 0 Å². The van der Waals surface area contributed by atoms with Crippen LogP contribution in [0.4, 0.5) is 0 Å². The lowest BCUT2D eigenvalue weighted by atomic mass is 10.1. The van der Waals surface area contributed by atoms with Crippen LogP contribution in [0.3, 0.4) is 0 Å². The van der Waals surface area contributed by atoms with Gasteiger partial charge in [0.25, 0.3) is 0 Å². The number of benzene rings is 3. The fourth-order valence-corrected chi connectivity index (χ4v) is 7.71. The predicted octanol–water partition coefficient (Wildman–Crippen LogP) is 4.77. The monoisotopic (exact) mass is 998 g/mol. The summed E-state index contributed by atoms with van der Waals surface area (Å²) in [5.41, 5.74) is 9.62. The molecule has 0 amide bonds. The summed E-state index contributed by atoms with van der Waals surface area (Å²) in [6.07, 6.45) is 7.92. The third-order valence-corrected chi connectivity index (χ3v) is 10.1. The summed E-state index contributed by atoms with van der Waals surface area (Å²) >= 11 is 2.25. The molecule has 0 aliphatic heterocycles. The molecule has 0 spiro atoms. The van der Waals surface area contributed by atoms with Gasteiger partial charge in [-0.1, -0.05) is 33.0 Å². The second-order valence-corrected chi connectivity index (χ2v) is 18.7. The van der Waals surface area contributed by atoms with Crippen molar-refractivity contribution < 1.29 is 14.2 Å². The molecular weight excluding hydrogens is 940 g/mol. The molecule has 7 rings (SSSR count). The van der Waals surface area contributed by atoms with Crippen molar-refractivity contribution in [3.05, 3.63) is 136 Å². The molecule has 0 saturated carbocycles. The van der Waals surface area contributed by atoms with E-state index in [1.54, 1.807) is 0 Å². The third kappa shape index (κ3) is 14.9. The van der Waals surface area contributed by atoms with Crippen LogP contribution in [-0.4, -0.2) is 134 Å². The Kier molecular flexibility index (Phi) is 16.2. The highest BCUT2D eigenvalue weighted by Gasteiger charge is 2.13. The highest BCUT2D eigenvalue weighted by molar-refractivity contribution is 14.1. The van der Waals surface area contributed by atoms with Gasteiger partial charge in [0.2, 0.25) is 0 Å². The van der Waals surface area contributed by atoms with Gasteiger partial charge >= 0.3 is 0 Å². The molecular formula is C45H59IN16O3. The van der Waals surface area contributed by atoms with Crippen molar-refractivity contribution in [1.82, 2.24) is 77.8 Å². The minimum absolute atomic E-state index is 0.309. The summed E-state index contributed by atoms with van der Waals surface area (Å²) in [4.78, 5) is 6.22. The molecule has 0 bridgehead atoms. The van der Waals surface area contributed by atoms with Crippen LogP contribution in [0.1, 0.15) is 63.1 Å². The van der Waals surface area contributed by atoms with Gasteiger partial charge in [-0.15, -0.1) is 20.4 Å². The maximum atomic E-state index is 6.57. The first-order valence-corrected chi connectivity index (χ1v) is 22.4. The SMILES string of the molecule is CCOc1cc(COc2cc(Cn3cc(CN(C)C)nn3)cc(Cn3cc(CN(C)C)nn3)c2)cc(COc2cc(Cn3cc(CN(C)C)nn3)cc(Cn3cc(CN(C)I)nn3)c2)c1. The van der Waals surface area contributed by atoms with Crippen molar-refractivity contribution in [3.63, 3.8) is 0 Å². The van der Waals surface area contributed by atoms with Crippen LogP contribution >= 0.6 is 22.9 Å². The maximum absolute atomic E-state index is 6.57. The Morgan fingerprint density at radius 3 is 1.02 bits per heavy atom. The lowest BCUT2D eigenvalue weighted by Crippen LogP contribution is -2.10. The van der Waals surface area contributed by atoms with Crippen LogP contribution in [0.2, 0.25) is 0 Å². The van der Waals surface area contributed by atoms with Gasteiger partial charge in [0.05, 0.1) is 86.9 Å². The van der Waals surface area contributed by atoms with Crippen molar-refractivity contribution in [2.24, 2.45) is 0 Å². The van der Waals surface area contributed by atoms with E-state index in [1.807, 2.05) is 115 Å². The Balaban J connectivity index is 1.10. The zero-order chi connectivity index (χ0) is 45.9. The molecule has 0 fully saturated rings. The average molecular weight is 999 g/mol. The second kappa shape index (κ2) is 22.4. The summed E-state index contributed by atoms with van der Waals surface area (Å²) in [5.74, 6) is 2.20. The average Bonchev–Trinajstić information content (AvgIpc) is 4.06. The smallest absolute Gasteiger partial charge is 0.120 e. The first-order chi connectivity index (χ1) is 31.3. The largest absolute Gasteiger partial charge is 0.494 e. The quantitative estimate of drug-likeness (QED) is 0.0601. The van der Waals surface area contributed by atoms with Gasteiger partial charge in [0.1, 0.15) is 30.5 Å². The number of rotatable bonds is 24. The fourth-order valence-electron chi connectivity index (χ4n) is 7.36. The molecule has 7 aromatic rings. The van der Waals surface area contributed by atoms with Gasteiger partial charge < -0.3 is 28.9 Å². The van der Waals surface area contributed by atoms with Gasteiger partial charge in [0, 0.05) is 42.5 Å². The molecule has 65 heavy (non-hydrogen) atoms. The van der Waals surface area contributed by atoms with Gasteiger partial charge in [-0.05, 0) is 132 Å². The first kappa shape index (κ1) is 47.2. The molecule has 0 N–H and O–H groups in total. The normalized spacial score (nSPS) is 11.8. The van der Waals surface area contributed by atoms with E-state index in [-0.39, 0.29) is 0 Å². The molecule has 19 nitrogen and oxygen atoms in total. The molecule has 0 unspecified atom stereocenters. The fraction of sp³-hybridized carbons (Fsp3) is 0.422. The Bertz CT molecular complexity index is 2290. The van der Waals surface area contributed by atoms with E-state index in [9.17, 15) is 0 Å². The number of aromatic nitrogens is 12. The van der Waals surface area contributed by atoms with Crippen LogP contribution in [0.25, 0.3) is 0 Å². The zero-order valence-corrected chi connectivity index (χ0v) is 40.7. The second-order valence-electron chi connectivity index (χ2n) is 17.1. The van der Waals surface area contributed by atoms with E-state index >= 15 is 0 Å². The molecule has 0 atom stereocenters. The molecule has 4 aromatic heterocycles. The highest BCUT2D eigenvalue weighted by atomic mass is 127. The Hall–Kier alpha value is -5.81. The first-order valence-electron chi connectivity index (χ1n) is 21.4. The number of hydrogen-bond acceptors (Lipinski definition) is 15. The van der Waals surface area contributed by atoms with Crippen molar-refractivity contribution >= 4 is 22.9 Å². The molecule has 0 radical (unpaired) electrons. The Labute approximate surface area is 394 Å². The van der Waals surface area contributed by atoms with Crippen LogP contribution in [0, 0.1) is 0 Å². The summed E-state index contributed by atoms with van der Waals surface area (Å²) in [6, 6.07) is 18.7. The predicted molar refractivity (Wildman–Crippen MR) is 253 cm³/mol. The van der Waals surface area contributed by atoms with E-state index in [2.05, 4.69) is 121 Å². The van der Waals surface area contributed by atoms with E-state index in [0.717, 1.165) is 73.4 Å². The number of halogens is 1. The topological polar surface area (TPSA) is 163 Å². The lowest BCUT2D eigenvalue weighted by molar-refractivity contribution is 0.294. The lowest BCUT2D eigenvalue weighted by Gasteiger charge is -2.15. The summed E-state index contributed by atoms with van der Waals surface area (Å²) in [5, 5.41) is 35.1. The highest BCUT2D eigenvalue weighted by Crippen LogP contribution is 2.26. The molecule has 20 heteroatoms. The standard InChI is InChI=1S/C45H59IN16O3/c1-9-63-43-17-37(31-64-44-13-33(19-59-27-39(47-51-59)23-55(2)3)10-34(14-44)20-60-28-40(48-52-60)24-56(4)5)12-38(18-43)32-65-45-15-35(21-61-29-41(49-53-61)25-57(6)7)11-36(16-45)22-62-30-42(50-54-62)26-58(8)46/h10-18,27-30H,9,19-26,31-32H2,1-8H3. The van der Waals surface area contributed by atoms with Gasteiger partial charge in [0.15, 0.2) is 0 Å². The minimum atomic E-state index is 0.309. The Morgan fingerprint density at radius 2 is 0.708 bits per heavy atom. The van der Waals surface area contributed by atoms with Crippen molar-refractivity contribution in [2.75, 3.05) is 55.9 Å². The molecule has 0 aliphatic rings.